The van der Waals surface area contributed by atoms with Crippen molar-refractivity contribution >= 4 is 11.6 Å². The first kappa shape index (κ1) is 29.9. The van der Waals surface area contributed by atoms with E-state index in [9.17, 15) is 23.1 Å². The lowest BCUT2D eigenvalue weighted by Crippen LogP contribution is -2.18. The highest BCUT2D eigenvalue weighted by Crippen LogP contribution is 2.38. The van der Waals surface area contributed by atoms with Gasteiger partial charge in [-0.25, -0.2) is 4.68 Å². The summed E-state index contributed by atoms with van der Waals surface area (Å²) in [6.45, 7) is 0.215. The number of rotatable bonds is 9. The van der Waals surface area contributed by atoms with Crippen molar-refractivity contribution in [2.75, 3.05) is 12.4 Å². The number of nitrogens with one attached hydrogen (secondary N) is 1. The van der Waals surface area contributed by atoms with E-state index in [1.165, 1.54) is 43.5 Å². The van der Waals surface area contributed by atoms with E-state index < -0.39 is 29.4 Å². The lowest BCUT2D eigenvalue weighted by Gasteiger charge is -2.19. The van der Waals surface area contributed by atoms with Gasteiger partial charge in [-0.05, 0) is 47.5 Å². The van der Waals surface area contributed by atoms with Crippen LogP contribution in [0.5, 0.6) is 11.5 Å². The second-order valence-corrected chi connectivity index (χ2v) is 9.63. The SMILES string of the molecule is COc1cccc(C(O)c2cccc(NC(=O)c3cn(-c4cccc(C#N)c4)nc3C(F)(F)F)c2)c1OCc1ccccc1. The van der Waals surface area contributed by atoms with Crippen molar-refractivity contribution in [3.8, 4) is 23.3 Å². The van der Waals surface area contributed by atoms with Crippen molar-refractivity contribution < 1.29 is 32.5 Å². The van der Waals surface area contributed by atoms with Crippen LogP contribution in [0.15, 0.2) is 103 Å². The van der Waals surface area contributed by atoms with Crippen LogP contribution in [0.2, 0.25) is 0 Å². The summed E-state index contributed by atoms with van der Waals surface area (Å²) in [5, 5.41) is 26.6. The van der Waals surface area contributed by atoms with Gasteiger partial charge in [-0.3, -0.25) is 4.79 Å². The molecular formula is C33H25F3N4O4. The fourth-order valence-corrected chi connectivity index (χ4v) is 4.56. The van der Waals surface area contributed by atoms with E-state index in [1.807, 2.05) is 36.4 Å². The molecule has 0 bridgehead atoms. The average molecular weight is 599 g/mol. The van der Waals surface area contributed by atoms with Crippen LogP contribution in [0.1, 0.15) is 44.4 Å². The van der Waals surface area contributed by atoms with Gasteiger partial charge in [-0.2, -0.15) is 23.5 Å². The van der Waals surface area contributed by atoms with E-state index in [-0.39, 0.29) is 23.5 Å². The number of ether oxygens (including phenoxy) is 2. The molecular weight excluding hydrogens is 573 g/mol. The van der Waals surface area contributed by atoms with Crippen LogP contribution in [0, 0.1) is 11.3 Å². The Bertz CT molecular complexity index is 1830. The highest BCUT2D eigenvalue weighted by molar-refractivity contribution is 6.05. The smallest absolute Gasteiger partial charge is 0.435 e. The lowest BCUT2D eigenvalue weighted by atomic mass is 9.99. The number of aliphatic hydroxyl groups excluding tert-OH is 1. The second-order valence-electron chi connectivity index (χ2n) is 9.63. The first-order valence-corrected chi connectivity index (χ1v) is 13.3. The Morgan fingerprint density at radius 2 is 1.77 bits per heavy atom. The van der Waals surface area contributed by atoms with Crippen molar-refractivity contribution in [3.63, 3.8) is 0 Å². The van der Waals surface area contributed by atoms with Gasteiger partial charge in [0.05, 0.1) is 30.0 Å². The lowest BCUT2D eigenvalue weighted by molar-refractivity contribution is -0.141. The Kier molecular flexibility index (Phi) is 8.64. The predicted octanol–water partition coefficient (Wildman–Crippen LogP) is 6.68. The van der Waals surface area contributed by atoms with Crippen LogP contribution < -0.4 is 14.8 Å². The van der Waals surface area contributed by atoms with E-state index in [1.54, 1.807) is 30.3 Å². The number of halogens is 3. The molecule has 0 aliphatic heterocycles. The van der Waals surface area contributed by atoms with E-state index in [0.29, 0.717) is 22.6 Å². The number of alkyl halides is 3. The zero-order valence-corrected chi connectivity index (χ0v) is 23.2. The molecule has 5 aromatic rings. The quantitative estimate of drug-likeness (QED) is 0.196. The number of methoxy groups -OCH3 is 1. The summed E-state index contributed by atoms with van der Waals surface area (Å²) < 4.78 is 54.1. The molecule has 1 amide bonds. The van der Waals surface area contributed by atoms with Crippen LogP contribution >= 0.6 is 0 Å². The molecule has 0 saturated carbocycles. The van der Waals surface area contributed by atoms with E-state index in [4.69, 9.17) is 14.7 Å². The molecule has 0 aliphatic carbocycles. The second kappa shape index (κ2) is 12.7. The summed E-state index contributed by atoms with van der Waals surface area (Å²) in [4.78, 5) is 13.1. The van der Waals surface area contributed by atoms with E-state index in [0.717, 1.165) is 16.4 Å². The third kappa shape index (κ3) is 6.56. The van der Waals surface area contributed by atoms with Gasteiger partial charge < -0.3 is 19.9 Å². The summed E-state index contributed by atoms with van der Waals surface area (Å²) in [6.07, 6.45) is -5.20. The molecule has 222 valence electrons. The number of anilines is 1. The standard InChI is InChI=1S/C33H25F3N4O4/c1-43-28-15-7-14-26(30(28)44-20-21-8-3-2-4-9-21)29(41)23-11-6-12-24(17-23)38-32(42)27-19-40(39-31(27)33(34,35)36)25-13-5-10-22(16-25)18-37/h2-17,19,29,41H,20H2,1H3,(H,38,42). The minimum Gasteiger partial charge on any atom is -0.493 e. The zero-order valence-electron chi connectivity index (χ0n) is 23.2. The third-order valence-corrected chi connectivity index (χ3v) is 6.68. The number of hydrogen-bond acceptors (Lipinski definition) is 6. The third-order valence-electron chi connectivity index (χ3n) is 6.68. The van der Waals surface area contributed by atoms with Crippen LogP contribution in [0.25, 0.3) is 5.69 Å². The normalized spacial score (nSPS) is 11.8. The molecule has 0 spiro atoms. The number of hydrogen-bond donors (Lipinski definition) is 2. The van der Waals surface area contributed by atoms with Crippen LogP contribution in [0.4, 0.5) is 18.9 Å². The number of para-hydroxylation sites is 1. The molecule has 2 N–H and O–H groups in total. The largest absolute Gasteiger partial charge is 0.493 e. The Morgan fingerprint density at radius 3 is 2.50 bits per heavy atom. The molecule has 8 nitrogen and oxygen atoms in total. The number of aliphatic hydroxyl groups is 1. The monoisotopic (exact) mass is 598 g/mol. The zero-order chi connectivity index (χ0) is 31.3. The summed E-state index contributed by atoms with van der Waals surface area (Å²) in [7, 11) is 1.48. The maximum absolute atomic E-state index is 13.9. The van der Waals surface area contributed by atoms with Crippen LogP contribution in [-0.2, 0) is 12.8 Å². The van der Waals surface area contributed by atoms with Gasteiger partial charge in [0, 0.05) is 17.4 Å². The number of nitriles is 1. The molecule has 1 aromatic heterocycles. The molecule has 44 heavy (non-hydrogen) atoms. The fourth-order valence-electron chi connectivity index (χ4n) is 4.56. The molecule has 0 radical (unpaired) electrons. The Labute approximate surface area is 250 Å². The number of benzene rings is 4. The number of aromatic nitrogens is 2. The molecule has 5 rings (SSSR count). The predicted molar refractivity (Wildman–Crippen MR) is 156 cm³/mol. The fraction of sp³-hybridized carbons (Fsp3) is 0.121. The molecule has 11 heteroatoms. The summed E-state index contributed by atoms with van der Waals surface area (Å²) >= 11 is 0. The van der Waals surface area contributed by atoms with E-state index >= 15 is 0 Å². The van der Waals surface area contributed by atoms with Gasteiger partial charge in [0.25, 0.3) is 5.91 Å². The molecule has 0 fully saturated rings. The average Bonchev–Trinajstić information content (AvgIpc) is 3.51. The van der Waals surface area contributed by atoms with Crippen molar-refractivity contribution in [3.05, 3.63) is 137 Å². The molecule has 1 unspecified atom stereocenters. The highest BCUT2D eigenvalue weighted by Gasteiger charge is 2.39. The molecule has 1 atom stereocenters. The number of amides is 1. The maximum atomic E-state index is 13.9. The molecule has 1 heterocycles. The van der Waals surface area contributed by atoms with Gasteiger partial charge in [-0.15, -0.1) is 0 Å². The van der Waals surface area contributed by atoms with Crippen molar-refractivity contribution in [2.45, 2.75) is 18.9 Å². The summed E-state index contributed by atoms with van der Waals surface area (Å²) in [6, 6.07) is 28.4. The minimum absolute atomic E-state index is 0.147. The Balaban J connectivity index is 1.42. The van der Waals surface area contributed by atoms with Gasteiger partial charge in [0.2, 0.25) is 0 Å². The minimum atomic E-state index is -4.93. The highest BCUT2D eigenvalue weighted by atomic mass is 19.4. The Morgan fingerprint density at radius 1 is 1.02 bits per heavy atom. The van der Waals surface area contributed by atoms with Crippen LogP contribution in [-0.4, -0.2) is 27.9 Å². The van der Waals surface area contributed by atoms with Crippen LogP contribution in [0.3, 0.4) is 0 Å². The van der Waals surface area contributed by atoms with Gasteiger partial charge in [-0.1, -0.05) is 60.7 Å². The number of carbonyl (C=O) groups excluding carboxylic acids is 1. The van der Waals surface area contributed by atoms with Crippen molar-refractivity contribution in [2.24, 2.45) is 0 Å². The van der Waals surface area contributed by atoms with E-state index in [2.05, 4.69) is 10.4 Å². The number of nitrogens with zero attached hydrogens (tertiary/aromatic N) is 3. The van der Waals surface area contributed by atoms with Gasteiger partial charge >= 0.3 is 6.18 Å². The Hall–Kier alpha value is -5.60. The first-order chi connectivity index (χ1) is 21.2. The van der Waals surface area contributed by atoms with Crippen molar-refractivity contribution in [1.29, 1.82) is 5.26 Å². The summed E-state index contributed by atoms with van der Waals surface area (Å²) in [5.41, 5.74) is 0.0984. The number of carbonyl (C=O) groups is 1. The summed E-state index contributed by atoms with van der Waals surface area (Å²) in [5.74, 6) is -0.331. The molecule has 0 saturated heterocycles. The molecule has 4 aromatic carbocycles. The topological polar surface area (TPSA) is 109 Å². The molecule has 0 aliphatic rings. The first-order valence-electron chi connectivity index (χ1n) is 13.3. The van der Waals surface area contributed by atoms with Crippen molar-refractivity contribution in [1.82, 2.24) is 9.78 Å². The van der Waals surface area contributed by atoms with Gasteiger partial charge in [0.15, 0.2) is 17.2 Å². The maximum Gasteiger partial charge on any atom is 0.435 e. The van der Waals surface area contributed by atoms with Gasteiger partial charge in [0.1, 0.15) is 12.7 Å².